The molecule has 0 bridgehead atoms. The van der Waals surface area contributed by atoms with Gasteiger partial charge in [0.05, 0.1) is 85.3 Å². The van der Waals surface area contributed by atoms with Gasteiger partial charge in [-0.1, -0.05) is 73.6 Å². The Kier molecular flexibility index (Phi) is 22.3. The minimum atomic E-state index is -0.865. The number of amides is 3. The summed E-state index contributed by atoms with van der Waals surface area (Å²) in [6, 6.07) is 18.9. The lowest BCUT2D eigenvalue weighted by atomic mass is 9.91. The first kappa shape index (κ1) is 65.6. The van der Waals surface area contributed by atoms with Crippen LogP contribution < -0.4 is 19.7 Å². The standard InChI is InChI=1S/C66H79ClFN9O12S/c1-7-57(80)75-18-20-76(21-19-75)63-52-35-53(67)59(51-33-47(78)31-44-10-8-9-11-50(44)51)60(68)61(52)71-66(72-63)88-42(5)37-74-16-14-49(15-17-74)86-28-26-84-24-22-83-23-25-85-27-29-87-55-32-45(62-43(6)70-39-90-62)12-13-46(55)36-69-64(81)54-34-48(79)38-77(54)65(82)58(40(2)3)56-30-41(4)73-89-56/h7-13,30-33,35,39-40,42,48-49,54,58,78-79H,1,14-29,34,36-38H2,2-6H3,(H,69,81)/t42-,48-,54+,58+/m1/s1. The van der Waals surface area contributed by atoms with Gasteiger partial charge < -0.3 is 63.2 Å². The lowest BCUT2D eigenvalue weighted by molar-refractivity contribution is -0.141. The largest absolute Gasteiger partial charge is 0.508 e. The molecular weight excluding hydrogens is 1200 g/mol. The van der Waals surface area contributed by atoms with Crippen LogP contribution in [0.15, 0.2) is 89.4 Å². The van der Waals surface area contributed by atoms with Crippen molar-refractivity contribution in [2.24, 2.45) is 5.92 Å². The van der Waals surface area contributed by atoms with E-state index < -0.39 is 23.9 Å². The van der Waals surface area contributed by atoms with E-state index in [9.17, 15) is 24.6 Å². The van der Waals surface area contributed by atoms with Crippen molar-refractivity contribution < 1.29 is 61.9 Å². The number of hydrogen-bond donors (Lipinski definition) is 3. The Morgan fingerprint density at radius 1 is 0.889 bits per heavy atom. The van der Waals surface area contributed by atoms with Gasteiger partial charge in [0, 0.05) is 87.9 Å². The van der Waals surface area contributed by atoms with E-state index in [4.69, 9.17) is 49.5 Å². The summed E-state index contributed by atoms with van der Waals surface area (Å²) in [5.41, 5.74) is 5.58. The monoisotopic (exact) mass is 1280 g/mol. The number of aromatic nitrogens is 4. The highest BCUT2D eigenvalue weighted by molar-refractivity contribution is 7.13. The van der Waals surface area contributed by atoms with Gasteiger partial charge in [-0.05, 0) is 91.8 Å². The number of piperidine rings is 1. The third-order valence-corrected chi connectivity index (χ3v) is 17.7. The van der Waals surface area contributed by atoms with Crippen LogP contribution in [0.2, 0.25) is 5.02 Å². The van der Waals surface area contributed by atoms with Crippen molar-refractivity contribution >= 4 is 68.2 Å². The zero-order chi connectivity index (χ0) is 63.4. The number of nitrogens with zero attached hydrogens (tertiary/aromatic N) is 8. The number of β-amino-alcohol motifs (C(OH)–C–C–N with tert-alkyl or cyclic N) is 1. The predicted molar refractivity (Wildman–Crippen MR) is 341 cm³/mol. The maximum Gasteiger partial charge on any atom is 0.319 e. The van der Waals surface area contributed by atoms with Crippen LogP contribution in [0.3, 0.4) is 0 Å². The summed E-state index contributed by atoms with van der Waals surface area (Å²) in [5, 5.41) is 30.3. The molecule has 7 aromatic rings. The number of phenolic OH excluding ortho intramolecular Hbond substituents is 1. The number of likely N-dealkylation sites (tertiary alicyclic amines) is 2. The first-order valence-electron chi connectivity index (χ1n) is 30.7. The topological polar surface area (TPSA) is 237 Å². The fourth-order valence-corrected chi connectivity index (χ4v) is 13.0. The molecule has 0 unspecified atom stereocenters. The van der Waals surface area contributed by atoms with Crippen LogP contribution in [-0.2, 0) is 39.9 Å². The lowest BCUT2D eigenvalue weighted by Crippen LogP contribution is -2.48. The maximum atomic E-state index is 17.2. The fraction of sp³-hybridized carbons (Fsp3) is 0.470. The number of carbonyl (C=O) groups excluding carboxylic acids is 3. The Bertz CT molecular complexity index is 3630. The van der Waals surface area contributed by atoms with Crippen molar-refractivity contribution in [3.8, 4) is 39.1 Å². The Labute approximate surface area is 532 Å². The molecule has 10 rings (SSSR count). The molecule has 3 N–H and O–H groups in total. The molecular formula is C66H79ClFN9O12S. The molecule has 21 nitrogen and oxygen atoms in total. The Balaban J connectivity index is 0.632. The van der Waals surface area contributed by atoms with E-state index in [1.54, 1.807) is 35.5 Å². The molecule has 6 heterocycles. The summed E-state index contributed by atoms with van der Waals surface area (Å²) in [6.07, 6.45) is 1.95. The number of fused-ring (bicyclic) bond motifs is 2. The highest BCUT2D eigenvalue weighted by Gasteiger charge is 2.43. The molecule has 3 fully saturated rings. The summed E-state index contributed by atoms with van der Waals surface area (Å²) in [5.74, 6) is -0.853. The van der Waals surface area contributed by atoms with Gasteiger partial charge >= 0.3 is 6.01 Å². The predicted octanol–water partition coefficient (Wildman–Crippen LogP) is 8.91. The van der Waals surface area contributed by atoms with Crippen LogP contribution in [0, 0.1) is 25.6 Å². The second kappa shape index (κ2) is 30.6. The van der Waals surface area contributed by atoms with Crippen LogP contribution in [0.25, 0.3) is 43.2 Å². The number of phenols is 1. The minimum Gasteiger partial charge on any atom is -0.508 e. The number of rotatable bonds is 28. The number of aliphatic hydroxyl groups excluding tert-OH is 1. The average molecular weight is 1280 g/mol. The van der Waals surface area contributed by atoms with E-state index in [2.05, 4.69) is 31.9 Å². The molecule has 3 amide bonds. The van der Waals surface area contributed by atoms with Crippen LogP contribution in [0.1, 0.15) is 68.7 Å². The number of aromatic hydroxyl groups is 1. The number of halogens is 2. The molecule has 0 aliphatic carbocycles. The summed E-state index contributed by atoms with van der Waals surface area (Å²) < 4.78 is 58.9. The van der Waals surface area contributed by atoms with E-state index >= 15 is 4.39 Å². The number of hydrogen-bond acceptors (Lipinski definition) is 19. The number of benzene rings is 4. The van der Waals surface area contributed by atoms with Crippen molar-refractivity contribution in [1.29, 1.82) is 0 Å². The number of nitrogens with one attached hydrogen (secondary N) is 1. The third kappa shape index (κ3) is 16.0. The molecule has 24 heteroatoms. The summed E-state index contributed by atoms with van der Waals surface area (Å²) in [4.78, 5) is 62.6. The van der Waals surface area contributed by atoms with Gasteiger partial charge in [0.25, 0.3) is 0 Å². The minimum absolute atomic E-state index is 0.0172. The Morgan fingerprint density at radius 2 is 1.61 bits per heavy atom. The number of anilines is 1. The quantitative estimate of drug-likeness (QED) is 0.0306. The summed E-state index contributed by atoms with van der Waals surface area (Å²) in [7, 11) is 0. The van der Waals surface area contributed by atoms with Crippen LogP contribution in [0.5, 0.6) is 17.5 Å². The molecule has 4 atom stereocenters. The van der Waals surface area contributed by atoms with Crippen molar-refractivity contribution in [2.45, 2.75) is 90.7 Å². The number of ether oxygens (including phenoxy) is 6. The van der Waals surface area contributed by atoms with E-state index in [1.807, 2.05) is 75.1 Å². The molecule has 3 aliphatic heterocycles. The number of aliphatic hydroxyl groups is 1. The molecule has 90 heavy (non-hydrogen) atoms. The Morgan fingerprint density at radius 3 is 2.30 bits per heavy atom. The second-order valence-electron chi connectivity index (χ2n) is 23.3. The Hall–Kier alpha value is -7.35. The lowest BCUT2D eigenvalue weighted by Gasteiger charge is -2.35. The van der Waals surface area contributed by atoms with Crippen molar-refractivity contribution in [2.75, 3.05) is 110 Å². The molecule has 0 spiro atoms. The average Bonchev–Trinajstić information content (AvgIpc) is 1.15. The summed E-state index contributed by atoms with van der Waals surface area (Å²) in [6.45, 7) is 20.1. The van der Waals surface area contributed by atoms with Crippen LogP contribution in [0.4, 0.5) is 10.2 Å². The van der Waals surface area contributed by atoms with E-state index in [0.717, 1.165) is 53.0 Å². The first-order chi connectivity index (χ1) is 43.5. The molecule has 0 saturated carbocycles. The molecule has 4 aromatic carbocycles. The van der Waals surface area contributed by atoms with Gasteiger partial charge in [0.15, 0.2) is 5.82 Å². The smallest absolute Gasteiger partial charge is 0.319 e. The second-order valence-corrected chi connectivity index (χ2v) is 24.5. The van der Waals surface area contributed by atoms with Gasteiger partial charge in [-0.3, -0.25) is 19.3 Å². The highest BCUT2D eigenvalue weighted by atomic mass is 35.5. The SMILES string of the molecule is C=CC(=O)N1CCN(c2nc(O[C@H](C)CN3CCC(OCCOCCOCCOCCOc4cc(-c5scnc5C)ccc4CNC(=O)[C@@H]4C[C@@H](O)CN4C(=O)[C@H](c4cc(C)no4)C(C)C)CC3)nc3c(F)c(-c4cc(O)cc5ccccc45)c(Cl)cc23)CC1. The molecule has 3 aliphatic rings. The van der Waals surface area contributed by atoms with Gasteiger partial charge in [0.1, 0.15) is 53.3 Å². The molecule has 3 aromatic heterocycles. The zero-order valence-electron chi connectivity index (χ0n) is 51.5. The van der Waals surface area contributed by atoms with Gasteiger partial charge in [0.2, 0.25) is 17.7 Å². The van der Waals surface area contributed by atoms with Crippen LogP contribution in [-0.4, -0.2) is 192 Å². The number of thiazole rings is 1. The first-order valence-corrected chi connectivity index (χ1v) is 32.0. The van der Waals surface area contributed by atoms with Crippen molar-refractivity contribution in [3.63, 3.8) is 0 Å². The van der Waals surface area contributed by atoms with Gasteiger partial charge in [-0.15, -0.1) is 11.3 Å². The molecule has 3 saturated heterocycles. The number of aryl methyl sites for hydroxylation is 2. The maximum absolute atomic E-state index is 17.2. The van der Waals surface area contributed by atoms with Gasteiger partial charge in [-0.25, -0.2) is 9.37 Å². The van der Waals surface area contributed by atoms with Crippen molar-refractivity contribution in [1.82, 2.24) is 40.1 Å². The van der Waals surface area contributed by atoms with E-state index in [-0.39, 0.29) is 89.8 Å². The van der Waals surface area contributed by atoms with E-state index in [1.165, 1.54) is 28.4 Å². The third-order valence-electron chi connectivity index (χ3n) is 16.5. The number of carbonyl (C=O) groups is 3. The highest BCUT2D eigenvalue weighted by Crippen LogP contribution is 2.43. The molecule has 480 valence electrons. The molecule has 0 radical (unpaired) electrons. The van der Waals surface area contributed by atoms with Gasteiger partial charge in [-0.2, -0.15) is 9.97 Å². The normalized spacial score (nSPS) is 17.4. The fourth-order valence-electron chi connectivity index (χ4n) is 11.9. The summed E-state index contributed by atoms with van der Waals surface area (Å²) >= 11 is 8.47. The zero-order valence-corrected chi connectivity index (χ0v) is 53.1. The van der Waals surface area contributed by atoms with Crippen LogP contribution >= 0.6 is 22.9 Å². The number of piperazine rings is 1. The van der Waals surface area contributed by atoms with E-state index in [0.29, 0.717) is 118 Å². The van der Waals surface area contributed by atoms with Crippen molar-refractivity contribution in [3.05, 3.63) is 118 Å².